The molecular weight excluding hydrogens is 442 g/mol. The van der Waals surface area contributed by atoms with E-state index in [-0.39, 0.29) is 11.8 Å². The number of pyridine rings is 1. The Kier molecular flexibility index (Phi) is 6.77. The zero-order valence-corrected chi connectivity index (χ0v) is 20.1. The van der Waals surface area contributed by atoms with Gasteiger partial charge in [-0.3, -0.25) is 9.78 Å². The van der Waals surface area contributed by atoms with Gasteiger partial charge in [-0.05, 0) is 50.1 Å². The first-order chi connectivity index (χ1) is 17.1. The SMILES string of the molecule is Cc1noc(C)c1COc1cccc(C(=O)N2CCOC[C@@H](Cc3cccc4cccnc34)C2)c1. The van der Waals surface area contributed by atoms with Crippen LogP contribution in [0.5, 0.6) is 5.75 Å². The van der Waals surface area contributed by atoms with Gasteiger partial charge in [-0.1, -0.05) is 35.5 Å². The predicted molar refractivity (Wildman–Crippen MR) is 132 cm³/mol. The Bertz CT molecular complexity index is 1310. The number of aryl methyl sites for hydroxylation is 2. The van der Waals surface area contributed by atoms with E-state index >= 15 is 0 Å². The zero-order chi connectivity index (χ0) is 24.2. The smallest absolute Gasteiger partial charge is 0.254 e. The van der Waals surface area contributed by atoms with Crippen LogP contribution in [0.1, 0.15) is 32.9 Å². The molecule has 3 heterocycles. The fourth-order valence-electron chi connectivity index (χ4n) is 4.60. The molecule has 35 heavy (non-hydrogen) atoms. The van der Waals surface area contributed by atoms with Gasteiger partial charge < -0.3 is 18.9 Å². The van der Waals surface area contributed by atoms with E-state index in [9.17, 15) is 4.79 Å². The van der Waals surface area contributed by atoms with Gasteiger partial charge in [-0.15, -0.1) is 0 Å². The molecule has 1 atom stereocenters. The molecule has 5 rings (SSSR count). The van der Waals surface area contributed by atoms with Crippen LogP contribution >= 0.6 is 0 Å². The number of fused-ring (bicyclic) bond motifs is 1. The molecule has 180 valence electrons. The summed E-state index contributed by atoms with van der Waals surface area (Å²) in [5.41, 5.74) is 4.54. The molecule has 7 nitrogen and oxygen atoms in total. The van der Waals surface area contributed by atoms with Crippen LogP contribution in [0, 0.1) is 19.8 Å². The van der Waals surface area contributed by atoms with Crippen molar-refractivity contribution >= 4 is 16.8 Å². The van der Waals surface area contributed by atoms with E-state index in [2.05, 4.69) is 34.4 Å². The Labute approximate surface area is 204 Å². The maximum atomic E-state index is 13.4. The minimum Gasteiger partial charge on any atom is -0.489 e. The molecule has 2 aromatic heterocycles. The van der Waals surface area contributed by atoms with E-state index in [1.54, 1.807) is 6.07 Å². The summed E-state index contributed by atoms with van der Waals surface area (Å²) in [5, 5.41) is 5.09. The molecule has 0 spiro atoms. The Morgan fingerprint density at radius 1 is 1.14 bits per heavy atom. The largest absolute Gasteiger partial charge is 0.489 e. The van der Waals surface area contributed by atoms with Crippen molar-refractivity contribution < 1.29 is 18.8 Å². The van der Waals surface area contributed by atoms with Crippen LogP contribution in [0.3, 0.4) is 0 Å². The summed E-state index contributed by atoms with van der Waals surface area (Å²) < 4.78 is 17.0. The lowest BCUT2D eigenvalue weighted by Crippen LogP contribution is -2.36. The van der Waals surface area contributed by atoms with Crippen LogP contribution < -0.4 is 4.74 Å². The van der Waals surface area contributed by atoms with E-state index in [1.165, 1.54) is 5.56 Å². The highest BCUT2D eigenvalue weighted by atomic mass is 16.5. The summed E-state index contributed by atoms with van der Waals surface area (Å²) in [6.07, 6.45) is 2.63. The first-order valence-electron chi connectivity index (χ1n) is 11.9. The third-order valence-corrected chi connectivity index (χ3v) is 6.50. The molecule has 1 aliphatic heterocycles. The Balaban J connectivity index is 1.28. The molecule has 1 aliphatic rings. The summed E-state index contributed by atoms with van der Waals surface area (Å²) in [6.45, 7) is 6.44. The van der Waals surface area contributed by atoms with Gasteiger partial charge in [-0.25, -0.2) is 0 Å². The lowest BCUT2D eigenvalue weighted by molar-refractivity contribution is 0.0737. The zero-order valence-electron chi connectivity index (χ0n) is 20.1. The molecule has 0 saturated carbocycles. The van der Waals surface area contributed by atoms with E-state index in [1.807, 2.05) is 49.2 Å². The number of hydrogen-bond acceptors (Lipinski definition) is 6. The maximum absolute atomic E-state index is 13.4. The second-order valence-electron chi connectivity index (χ2n) is 9.01. The predicted octanol–water partition coefficient (Wildman–Crippen LogP) is 4.75. The molecule has 1 fully saturated rings. The molecule has 1 amide bonds. The molecule has 2 aromatic carbocycles. The number of benzene rings is 2. The minimum absolute atomic E-state index is 0.0145. The van der Waals surface area contributed by atoms with Gasteiger partial charge in [0.05, 0.1) is 30.0 Å². The lowest BCUT2D eigenvalue weighted by atomic mass is 9.97. The van der Waals surface area contributed by atoms with E-state index in [0.29, 0.717) is 44.2 Å². The first kappa shape index (κ1) is 23.1. The third-order valence-electron chi connectivity index (χ3n) is 6.50. The number of ether oxygens (including phenoxy) is 2. The topological polar surface area (TPSA) is 77.7 Å². The highest BCUT2D eigenvalue weighted by Crippen LogP contribution is 2.23. The van der Waals surface area contributed by atoms with Gasteiger partial charge in [0.15, 0.2) is 0 Å². The fraction of sp³-hybridized carbons (Fsp3) is 0.321. The molecule has 1 saturated heterocycles. The van der Waals surface area contributed by atoms with Gasteiger partial charge in [0, 0.05) is 36.2 Å². The molecule has 0 bridgehead atoms. The van der Waals surface area contributed by atoms with Crippen LogP contribution in [-0.4, -0.2) is 47.3 Å². The highest BCUT2D eigenvalue weighted by molar-refractivity contribution is 5.94. The van der Waals surface area contributed by atoms with Crippen molar-refractivity contribution in [3.63, 3.8) is 0 Å². The van der Waals surface area contributed by atoms with Crippen LogP contribution in [-0.2, 0) is 17.8 Å². The molecule has 4 aromatic rings. The van der Waals surface area contributed by atoms with Crippen molar-refractivity contribution in [1.82, 2.24) is 15.0 Å². The molecule has 0 radical (unpaired) electrons. The summed E-state index contributed by atoms with van der Waals surface area (Å²) in [7, 11) is 0. The average Bonchev–Trinajstić information content (AvgIpc) is 3.06. The number of para-hydroxylation sites is 1. The quantitative estimate of drug-likeness (QED) is 0.404. The summed E-state index contributed by atoms with van der Waals surface area (Å²) in [5.74, 6) is 1.55. The minimum atomic E-state index is -0.0145. The van der Waals surface area contributed by atoms with E-state index in [4.69, 9.17) is 14.0 Å². The van der Waals surface area contributed by atoms with Crippen molar-refractivity contribution in [3.8, 4) is 5.75 Å². The van der Waals surface area contributed by atoms with Crippen LogP contribution in [0.25, 0.3) is 10.9 Å². The first-order valence-corrected chi connectivity index (χ1v) is 11.9. The van der Waals surface area contributed by atoms with Crippen LogP contribution in [0.4, 0.5) is 0 Å². The fourth-order valence-corrected chi connectivity index (χ4v) is 4.60. The number of amides is 1. The van der Waals surface area contributed by atoms with Gasteiger partial charge in [0.2, 0.25) is 0 Å². The Hall–Kier alpha value is -3.71. The molecular formula is C28H29N3O4. The standard InChI is InChI=1S/C28H29N3O4/c1-19-26(20(2)35-30-19)18-34-25-10-4-8-24(15-25)28(32)31-12-13-33-17-21(16-31)14-23-7-3-6-22-9-5-11-29-27(22)23/h3-11,15,21H,12-14,16-18H2,1-2H3/t21-/m0/s1. The van der Waals surface area contributed by atoms with Crippen molar-refractivity contribution in [3.05, 3.63) is 88.9 Å². The van der Waals surface area contributed by atoms with Crippen molar-refractivity contribution in [1.29, 1.82) is 0 Å². The average molecular weight is 472 g/mol. The van der Waals surface area contributed by atoms with E-state index in [0.717, 1.165) is 34.3 Å². The van der Waals surface area contributed by atoms with Gasteiger partial charge >= 0.3 is 0 Å². The van der Waals surface area contributed by atoms with Crippen LogP contribution in [0.15, 0.2) is 65.3 Å². The van der Waals surface area contributed by atoms with E-state index < -0.39 is 0 Å². The number of rotatable bonds is 6. The summed E-state index contributed by atoms with van der Waals surface area (Å²) in [6, 6.07) is 17.6. The van der Waals surface area contributed by atoms with Gasteiger partial charge in [0.1, 0.15) is 18.1 Å². The summed E-state index contributed by atoms with van der Waals surface area (Å²) in [4.78, 5) is 19.9. The number of nitrogens with zero attached hydrogens (tertiary/aromatic N) is 3. The van der Waals surface area contributed by atoms with Crippen molar-refractivity contribution in [2.75, 3.05) is 26.3 Å². The van der Waals surface area contributed by atoms with Crippen LogP contribution in [0.2, 0.25) is 0 Å². The summed E-state index contributed by atoms with van der Waals surface area (Å²) >= 11 is 0. The maximum Gasteiger partial charge on any atom is 0.254 e. The molecule has 0 unspecified atom stereocenters. The molecule has 0 N–H and O–H groups in total. The van der Waals surface area contributed by atoms with Crippen molar-refractivity contribution in [2.24, 2.45) is 5.92 Å². The molecule has 7 heteroatoms. The second kappa shape index (κ2) is 10.3. The Morgan fingerprint density at radius 2 is 2.00 bits per heavy atom. The lowest BCUT2D eigenvalue weighted by Gasteiger charge is -2.24. The third kappa shape index (κ3) is 5.20. The monoisotopic (exact) mass is 471 g/mol. The molecule has 0 aliphatic carbocycles. The number of carbonyl (C=O) groups is 1. The number of hydrogen-bond donors (Lipinski definition) is 0. The number of aromatic nitrogens is 2. The van der Waals surface area contributed by atoms with Gasteiger partial charge in [-0.2, -0.15) is 0 Å². The second-order valence-corrected chi connectivity index (χ2v) is 9.01. The van der Waals surface area contributed by atoms with Crippen molar-refractivity contribution in [2.45, 2.75) is 26.9 Å². The van der Waals surface area contributed by atoms with Gasteiger partial charge in [0.25, 0.3) is 5.91 Å². The Morgan fingerprint density at radius 3 is 2.86 bits per heavy atom. The highest BCUT2D eigenvalue weighted by Gasteiger charge is 2.24. The number of carbonyl (C=O) groups excluding carboxylic acids is 1. The normalized spacial score (nSPS) is 16.3.